The first-order chi connectivity index (χ1) is 15.1. The number of nitrogens with zero attached hydrogens (tertiary/aromatic N) is 1. The topological polar surface area (TPSA) is 114 Å². The maximum absolute atomic E-state index is 13.2. The molecule has 0 aromatic heterocycles. The van der Waals surface area contributed by atoms with Crippen molar-refractivity contribution in [2.45, 2.75) is 37.0 Å². The summed E-state index contributed by atoms with van der Waals surface area (Å²) in [4.78, 5) is -0.128. The van der Waals surface area contributed by atoms with Crippen LogP contribution in [0, 0.1) is 0 Å². The van der Waals surface area contributed by atoms with Gasteiger partial charge in [-0.25, -0.2) is 16.8 Å². The molecule has 11 heteroatoms. The molecule has 0 spiro atoms. The van der Waals surface area contributed by atoms with E-state index in [1.165, 1.54) is 42.8 Å². The Morgan fingerprint density at radius 1 is 0.875 bits per heavy atom. The van der Waals surface area contributed by atoms with Crippen molar-refractivity contribution in [2.75, 3.05) is 43.9 Å². The zero-order valence-corrected chi connectivity index (χ0v) is 20.6. The summed E-state index contributed by atoms with van der Waals surface area (Å²) in [6.45, 7) is 6.65. The zero-order valence-electron chi connectivity index (χ0n) is 19.0. The van der Waals surface area contributed by atoms with Crippen molar-refractivity contribution in [1.29, 1.82) is 0 Å². The highest BCUT2D eigenvalue weighted by Gasteiger charge is 2.26. The average molecular weight is 486 g/mol. The van der Waals surface area contributed by atoms with Gasteiger partial charge >= 0.3 is 0 Å². The van der Waals surface area contributed by atoms with Gasteiger partial charge in [0, 0.05) is 25.7 Å². The molecule has 178 valence electrons. The van der Waals surface area contributed by atoms with Gasteiger partial charge in [-0.05, 0) is 36.8 Å². The number of nitrogens with one attached hydrogen (secondary N) is 2. The van der Waals surface area contributed by atoms with E-state index in [2.05, 4.69) is 10.0 Å². The number of methoxy groups -OCH3 is 2. The molecule has 0 bridgehead atoms. The minimum Gasteiger partial charge on any atom is -0.497 e. The van der Waals surface area contributed by atoms with Crippen LogP contribution in [-0.4, -0.2) is 55.0 Å². The molecule has 0 unspecified atom stereocenters. The number of rotatable bonds is 12. The van der Waals surface area contributed by atoms with Gasteiger partial charge in [0.05, 0.1) is 30.5 Å². The number of ether oxygens (including phenoxy) is 2. The van der Waals surface area contributed by atoms with E-state index in [1.807, 2.05) is 6.92 Å². The van der Waals surface area contributed by atoms with E-state index in [0.717, 1.165) is 6.42 Å². The van der Waals surface area contributed by atoms with Crippen molar-refractivity contribution in [3.63, 3.8) is 0 Å². The summed E-state index contributed by atoms with van der Waals surface area (Å²) in [7, 11) is -5.11. The second-order valence-corrected chi connectivity index (χ2v) is 10.4. The normalized spacial score (nSPS) is 11.9. The van der Waals surface area contributed by atoms with Gasteiger partial charge in [0.2, 0.25) is 10.0 Å². The van der Waals surface area contributed by atoms with Gasteiger partial charge < -0.3 is 14.8 Å². The first-order valence-corrected chi connectivity index (χ1v) is 13.2. The van der Waals surface area contributed by atoms with Crippen LogP contribution in [0.2, 0.25) is 0 Å². The van der Waals surface area contributed by atoms with Crippen molar-refractivity contribution in [3.8, 4) is 11.5 Å². The third-order valence-electron chi connectivity index (χ3n) is 4.80. The van der Waals surface area contributed by atoms with Crippen molar-refractivity contribution < 1.29 is 26.3 Å². The molecule has 0 radical (unpaired) electrons. The van der Waals surface area contributed by atoms with Crippen LogP contribution in [0.3, 0.4) is 0 Å². The minimum absolute atomic E-state index is 0.00134. The van der Waals surface area contributed by atoms with Gasteiger partial charge in [0.1, 0.15) is 16.4 Å². The van der Waals surface area contributed by atoms with Gasteiger partial charge in [-0.1, -0.05) is 20.8 Å². The lowest BCUT2D eigenvalue weighted by Gasteiger charge is -2.21. The highest BCUT2D eigenvalue weighted by atomic mass is 32.2. The van der Waals surface area contributed by atoms with Crippen molar-refractivity contribution >= 4 is 31.4 Å². The minimum atomic E-state index is -4.13. The van der Waals surface area contributed by atoms with E-state index in [0.29, 0.717) is 31.1 Å². The Hall–Kier alpha value is -2.50. The molecule has 2 N–H and O–H groups in total. The van der Waals surface area contributed by atoms with Crippen molar-refractivity contribution in [2.24, 2.45) is 0 Å². The zero-order chi connectivity index (χ0) is 23.9. The Bertz CT molecular complexity index is 1130. The Balaban J connectivity index is 2.59. The lowest BCUT2D eigenvalue weighted by atomic mass is 10.2. The van der Waals surface area contributed by atoms with E-state index in [1.54, 1.807) is 26.0 Å². The summed E-state index contributed by atoms with van der Waals surface area (Å²) in [6, 6.07) is 8.78. The molecular formula is C21H31N3O6S2. The molecule has 2 rings (SSSR count). The molecule has 0 saturated carbocycles. The standard InChI is InChI=1S/C21H31N3O6S2/c1-6-13-22-18-11-10-17(32(27,28)24(7-2)8-3)15-19(18)23-31(25,26)21-14-16(29-4)9-12-20(21)30-5/h9-12,14-15,22-23H,6-8,13H2,1-5H3. The van der Waals surface area contributed by atoms with Crippen LogP contribution in [0.5, 0.6) is 11.5 Å². The molecule has 0 atom stereocenters. The summed E-state index contributed by atoms with van der Waals surface area (Å²) in [5.41, 5.74) is 0.590. The fourth-order valence-electron chi connectivity index (χ4n) is 3.09. The van der Waals surface area contributed by atoms with Gasteiger partial charge in [-0.3, -0.25) is 4.72 Å². The summed E-state index contributed by atoms with van der Waals surface area (Å²) < 4.78 is 66.6. The number of sulfonamides is 2. The van der Waals surface area contributed by atoms with Crippen molar-refractivity contribution in [1.82, 2.24) is 4.31 Å². The monoisotopic (exact) mass is 485 g/mol. The number of anilines is 2. The fraction of sp³-hybridized carbons (Fsp3) is 0.429. The molecule has 0 aliphatic heterocycles. The highest BCUT2D eigenvalue weighted by Crippen LogP contribution is 2.33. The number of hydrogen-bond acceptors (Lipinski definition) is 7. The van der Waals surface area contributed by atoms with Crippen LogP contribution in [0.15, 0.2) is 46.2 Å². The summed E-state index contributed by atoms with van der Waals surface area (Å²) in [5, 5.41) is 3.13. The second-order valence-electron chi connectivity index (χ2n) is 6.85. The molecule has 0 aliphatic rings. The third kappa shape index (κ3) is 5.64. The molecule has 0 heterocycles. The Labute approximate surface area is 190 Å². The second kappa shape index (κ2) is 10.9. The van der Waals surface area contributed by atoms with Gasteiger partial charge in [-0.2, -0.15) is 4.31 Å². The number of benzene rings is 2. The Morgan fingerprint density at radius 2 is 1.56 bits per heavy atom. The molecule has 9 nitrogen and oxygen atoms in total. The average Bonchev–Trinajstić information content (AvgIpc) is 2.78. The Morgan fingerprint density at radius 3 is 2.12 bits per heavy atom. The van der Waals surface area contributed by atoms with E-state index < -0.39 is 20.0 Å². The maximum atomic E-state index is 13.2. The van der Waals surface area contributed by atoms with Crippen LogP contribution in [-0.2, 0) is 20.0 Å². The maximum Gasteiger partial charge on any atom is 0.265 e. The summed E-state index contributed by atoms with van der Waals surface area (Å²) >= 11 is 0. The highest BCUT2D eigenvalue weighted by molar-refractivity contribution is 7.93. The van der Waals surface area contributed by atoms with Gasteiger partial charge in [0.15, 0.2) is 0 Å². The molecule has 0 amide bonds. The SMILES string of the molecule is CCCNc1ccc(S(=O)(=O)N(CC)CC)cc1NS(=O)(=O)c1cc(OC)ccc1OC. The first-order valence-electron chi connectivity index (χ1n) is 10.3. The van der Waals surface area contributed by atoms with E-state index in [-0.39, 0.29) is 21.2 Å². The molecule has 32 heavy (non-hydrogen) atoms. The molecule has 2 aromatic rings. The fourth-order valence-corrected chi connectivity index (χ4v) is 5.83. The summed E-state index contributed by atoms with van der Waals surface area (Å²) in [6.07, 6.45) is 0.801. The largest absolute Gasteiger partial charge is 0.497 e. The van der Waals surface area contributed by atoms with Crippen LogP contribution < -0.4 is 19.5 Å². The van der Waals surface area contributed by atoms with Gasteiger partial charge in [-0.15, -0.1) is 0 Å². The molecule has 0 aliphatic carbocycles. The lowest BCUT2D eigenvalue weighted by molar-refractivity contribution is 0.392. The first kappa shape index (κ1) is 25.8. The predicted octanol–water partition coefficient (Wildman–Crippen LogP) is 3.36. The van der Waals surface area contributed by atoms with Crippen LogP contribution >= 0.6 is 0 Å². The summed E-state index contributed by atoms with van der Waals surface area (Å²) in [5.74, 6) is 0.474. The van der Waals surface area contributed by atoms with Crippen molar-refractivity contribution in [3.05, 3.63) is 36.4 Å². The van der Waals surface area contributed by atoms with Gasteiger partial charge in [0.25, 0.3) is 10.0 Å². The van der Waals surface area contributed by atoms with Crippen LogP contribution in [0.4, 0.5) is 11.4 Å². The van der Waals surface area contributed by atoms with E-state index >= 15 is 0 Å². The smallest absolute Gasteiger partial charge is 0.265 e. The van der Waals surface area contributed by atoms with Crippen LogP contribution in [0.25, 0.3) is 0 Å². The molecule has 0 saturated heterocycles. The molecule has 0 fully saturated rings. The van der Waals surface area contributed by atoms with E-state index in [4.69, 9.17) is 9.47 Å². The molecule has 2 aromatic carbocycles. The predicted molar refractivity (Wildman–Crippen MR) is 126 cm³/mol. The third-order valence-corrected chi connectivity index (χ3v) is 8.24. The van der Waals surface area contributed by atoms with Crippen LogP contribution in [0.1, 0.15) is 27.2 Å². The number of hydrogen-bond donors (Lipinski definition) is 2. The quantitative estimate of drug-likeness (QED) is 0.474. The Kier molecular flexibility index (Phi) is 8.76. The lowest BCUT2D eigenvalue weighted by Crippen LogP contribution is -2.30. The van der Waals surface area contributed by atoms with E-state index in [9.17, 15) is 16.8 Å². The molecular weight excluding hydrogens is 454 g/mol.